The van der Waals surface area contributed by atoms with Crippen LogP contribution in [0.4, 0.5) is 13.2 Å². The Morgan fingerprint density at radius 2 is 1.91 bits per heavy atom. The van der Waals surface area contributed by atoms with Crippen LogP contribution in [0.1, 0.15) is 17.9 Å². The van der Waals surface area contributed by atoms with Crippen molar-refractivity contribution in [3.8, 4) is 0 Å². The maximum Gasteiger partial charge on any atom is 0.421 e. The van der Waals surface area contributed by atoms with E-state index in [1.807, 2.05) is 18.2 Å². The second-order valence-corrected chi connectivity index (χ2v) is 5.10. The van der Waals surface area contributed by atoms with E-state index in [4.69, 9.17) is 4.42 Å². The minimum absolute atomic E-state index is 0.168. The molecule has 0 unspecified atom stereocenters. The van der Waals surface area contributed by atoms with Gasteiger partial charge in [0.2, 0.25) is 0 Å². The van der Waals surface area contributed by atoms with E-state index in [1.165, 1.54) is 12.3 Å². The van der Waals surface area contributed by atoms with Crippen LogP contribution in [0, 0.1) is 0 Å². The van der Waals surface area contributed by atoms with Gasteiger partial charge in [-0.2, -0.15) is 13.2 Å². The van der Waals surface area contributed by atoms with Gasteiger partial charge < -0.3 is 8.98 Å². The zero-order chi connectivity index (χ0) is 16.4. The molecule has 3 rings (SSSR count). The fourth-order valence-electron chi connectivity index (χ4n) is 2.36. The highest BCUT2D eigenvalue weighted by Gasteiger charge is 2.34. The van der Waals surface area contributed by atoms with Crippen molar-refractivity contribution in [3.63, 3.8) is 0 Å². The van der Waals surface area contributed by atoms with E-state index in [-0.39, 0.29) is 6.54 Å². The molecule has 0 saturated carbocycles. The summed E-state index contributed by atoms with van der Waals surface area (Å²) in [4.78, 5) is 16.1. The van der Waals surface area contributed by atoms with Crippen LogP contribution in [0.2, 0.25) is 0 Å². The number of hydrogen-bond acceptors (Lipinski definition) is 3. The van der Waals surface area contributed by atoms with Crippen LogP contribution in [-0.2, 0) is 19.1 Å². The predicted molar refractivity (Wildman–Crippen MR) is 78.0 cm³/mol. The van der Waals surface area contributed by atoms with Crippen LogP contribution >= 0.6 is 0 Å². The normalized spacial score (nSPS) is 12.0. The number of para-hydroxylation sites is 2. The lowest BCUT2D eigenvalue weighted by Crippen LogP contribution is -2.28. The Morgan fingerprint density at radius 1 is 1.13 bits per heavy atom. The topological polar surface area (TPSA) is 48.0 Å². The van der Waals surface area contributed by atoms with Crippen molar-refractivity contribution < 1.29 is 17.6 Å². The molecule has 1 aromatic carbocycles. The zero-order valence-electron chi connectivity index (χ0n) is 12.0. The van der Waals surface area contributed by atoms with Crippen LogP contribution in [0.5, 0.6) is 0 Å². The first-order chi connectivity index (χ1) is 10.9. The van der Waals surface area contributed by atoms with Gasteiger partial charge in [0.15, 0.2) is 11.5 Å². The third kappa shape index (κ3) is 3.28. The average molecular weight is 322 g/mol. The van der Waals surface area contributed by atoms with Crippen molar-refractivity contribution in [2.45, 2.75) is 25.6 Å². The molecule has 2 aromatic heterocycles. The molecular formula is C16H13F3N2O2. The minimum Gasteiger partial charge on any atom is -0.441 e. The number of halogens is 3. The Morgan fingerprint density at radius 3 is 2.65 bits per heavy atom. The van der Waals surface area contributed by atoms with Crippen LogP contribution in [-0.4, -0.2) is 9.55 Å². The molecule has 120 valence electrons. The first kappa shape index (κ1) is 15.3. The summed E-state index contributed by atoms with van der Waals surface area (Å²) in [7, 11) is 0. The second kappa shape index (κ2) is 5.91. The van der Waals surface area contributed by atoms with E-state index in [0.717, 1.165) is 16.2 Å². The lowest BCUT2D eigenvalue weighted by atomic mass is 10.2. The molecule has 23 heavy (non-hydrogen) atoms. The highest BCUT2D eigenvalue weighted by atomic mass is 19.4. The number of alkyl halides is 3. The first-order valence-electron chi connectivity index (χ1n) is 7.06. The minimum atomic E-state index is -4.64. The number of benzene rings is 1. The van der Waals surface area contributed by atoms with E-state index in [9.17, 15) is 18.0 Å². The standard InChI is InChI=1S/C16H13F3N2O2/c17-16(18,19)11-5-3-9-21(15(11)22)10-4-8-14-20-12-6-1-2-7-13(12)23-14/h1-3,5-7,9H,4,8,10H2. The molecule has 0 atom stereocenters. The molecule has 0 N–H and O–H groups in total. The van der Waals surface area contributed by atoms with Crippen molar-refractivity contribution in [3.05, 3.63) is 64.4 Å². The first-order valence-corrected chi connectivity index (χ1v) is 7.06. The maximum absolute atomic E-state index is 12.7. The average Bonchev–Trinajstić information content (AvgIpc) is 2.90. The number of fused-ring (bicyclic) bond motifs is 1. The van der Waals surface area contributed by atoms with Gasteiger partial charge >= 0.3 is 6.18 Å². The summed E-state index contributed by atoms with van der Waals surface area (Å²) >= 11 is 0. The summed E-state index contributed by atoms with van der Waals surface area (Å²) in [5, 5.41) is 0. The number of nitrogens with zero attached hydrogens (tertiary/aromatic N) is 2. The number of hydrogen-bond donors (Lipinski definition) is 0. The third-order valence-electron chi connectivity index (χ3n) is 3.45. The number of aromatic nitrogens is 2. The van der Waals surface area contributed by atoms with Crippen molar-refractivity contribution in [2.75, 3.05) is 0 Å². The molecule has 0 aliphatic heterocycles. The largest absolute Gasteiger partial charge is 0.441 e. The number of oxazole rings is 1. The number of aryl methyl sites for hydroxylation is 2. The molecule has 0 amide bonds. The molecule has 4 nitrogen and oxygen atoms in total. The zero-order valence-corrected chi connectivity index (χ0v) is 12.0. The molecule has 0 aliphatic carbocycles. The maximum atomic E-state index is 12.7. The fourth-order valence-corrected chi connectivity index (χ4v) is 2.36. The van der Waals surface area contributed by atoms with Gasteiger partial charge in [-0.05, 0) is 30.7 Å². The van der Waals surface area contributed by atoms with Crippen LogP contribution in [0.15, 0.2) is 51.8 Å². The van der Waals surface area contributed by atoms with E-state index in [1.54, 1.807) is 6.07 Å². The highest BCUT2D eigenvalue weighted by Crippen LogP contribution is 2.26. The monoisotopic (exact) mass is 322 g/mol. The predicted octanol–water partition coefficient (Wildman–Crippen LogP) is 3.64. The smallest absolute Gasteiger partial charge is 0.421 e. The Kier molecular flexibility index (Phi) is 3.94. The summed E-state index contributed by atoms with van der Waals surface area (Å²) in [6.45, 7) is 0.168. The lowest BCUT2D eigenvalue weighted by molar-refractivity contribution is -0.139. The van der Waals surface area contributed by atoms with Crippen molar-refractivity contribution >= 4 is 11.1 Å². The summed E-state index contributed by atoms with van der Waals surface area (Å²) in [5.41, 5.74) is -0.781. The van der Waals surface area contributed by atoms with Gasteiger partial charge in [-0.3, -0.25) is 4.79 Å². The van der Waals surface area contributed by atoms with Gasteiger partial charge in [-0.1, -0.05) is 12.1 Å². The van der Waals surface area contributed by atoms with Gasteiger partial charge in [0.1, 0.15) is 11.1 Å². The van der Waals surface area contributed by atoms with Crippen molar-refractivity contribution in [1.29, 1.82) is 0 Å². The van der Waals surface area contributed by atoms with E-state index in [0.29, 0.717) is 24.3 Å². The van der Waals surface area contributed by atoms with Gasteiger partial charge in [0, 0.05) is 19.2 Å². The molecule has 2 heterocycles. The highest BCUT2D eigenvalue weighted by molar-refractivity contribution is 5.72. The molecule has 7 heteroatoms. The van der Waals surface area contributed by atoms with Crippen molar-refractivity contribution in [2.24, 2.45) is 0 Å². The molecule has 0 fully saturated rings. The Balaban J connectivity index is 1.70. The summed E-state index contributed by atoms with van der Waals surface area (Å²) in [5.74, 6) is 0.506. The fraction of sp³-hybridized carbons (Fsp3) is 0.250. The molecule has 0 bridgehead atoms. The van der Waals surface area contributed by atoms with Crippen LogP contribution < -0.4 is 5.56 Å². The molecule has 0 saturated heterocycles. The quantitative estimate of drug-likeness (QED) is 0.737. The van der Waals surface area contributed by atoms with Crippen molar-refractivity contribution in [1.82, 2.24) is 9.55 Å². The van der Waals surface area contributed by atoms with E-state index in [2.05, 4.69) is 4.98 Å². The van der Waals surface area contributed by atoms with Gasteiger partial charge in [0.05, 0.1) is 0 Å². The third-order valence-corrected chi connectivity index (χ3v) is 3.45. The van der Waals surface area contributed by atoms with Crippen LogP contribution in [0.3, 0.4) is 0 Å². The molecule has 0 aliphatic rings. The number of rotatable bonds is 4. The van der Waals surface area contributed by atoms with Gasteiger partial charge in [0.25, 0.3) is 5.56 Å². The molecule has 0 spiro atoms. The molecule has 3 aromatic rings. The Bertz CT molecular complexity index is 848. The SMILES string of the molecule is O=c1c(C(F)(F)F)cccn1CCCc1nc2ccccc2o1. The summed E-state index contributed by atoms with van der Waals surface area (Å²) in [6.07, 6.45) is -2.39. The van der Waals surface area contributed by atoms with Gasteiger partial charge in [-0.25, -0.2) is 4.98 Å². The summed E-state index contributed by atoms with van der Waals surface area (Å²) < 4.78 is 44.7. The van der Waals surface area contributed by atoms with Crippen LogP contribution in [0.25, 0.3) is 11.1 Å². The van der Waals surface area contributed by atoms with Gasteiger partial charge in [-0.15, -0.1) is 0 Å². The van der Waals surface area contributed by atoms with E-state index < -0.39 is 17.3 Å². The second-order valence-electron chi connectivity index (χ2n) is 5.10. The number of pyridine rings is 1. The Hall–Kier alpha value is -2.57. The summed E-state index contributed by atoms with van der Waals surface area (Å²) in [6, 6.07) is 9.31. The van der Waals surface area contributed by atoms with E-state index >= 15 is 0 Å². The molecule has 0 radical (unpaired) electrons. The lowest BCUT2D eigenvalue weighted by Gasteiger charge is -2.09. The Labute approximate surface area is 129 Å². The molecular weight excluding hydrogens is 309 g/mol.